The molecule has 162 valence electrons. The molecule has 3 aliphatic heterocycles. The SMILES string of the molecule is Cc1c([C@@H](O)CN2CCC3(CC2)CCN(c2cccnc2)C3=O)ccc2c1COC2=O. The molecule has 0 bridgehead atoms. The zero-order chi connectivity index (χ0) is 21.6. The summed E-state index contributed by atoms with van der Waals surface area (Å²) >= 11 is 0. The van der Waals surface area contributed by atoms with Gasteiger partial charge in [0.2, 0.25) is 5.91 Å². The van der Waals surface area contributed by atoms with Crippen LogP contribution in [0.25, 0.3) is 0 Å². The zero-order valence-electron chi connectivity index (χ0n) is 17.7. The van der Waals surface area contributed by atoms with Crippen molar-refractivity contribution in [3.8, 4) is 0 Å². The normalized spacial score (nSPS) is 21.4. The predicted molar refractivity (Wildman–Crippen MR) is 115 cm³/mol. The number of benzene rings is 1. The first-order valence-corrected chi connectivity index (χ1v) is 10.9. The third-order valence-corrected chi connectivity index (χ3v) is 7.28. The van der Waals surface area contributed by atoms with Crippen LogP contribution in [-0.2, 0) is 16.1 Å². The molecule has 4 heterocycles. The topological polar surface area (TPSA) is 83.0 Å². The number of aliphatic hydroxyl groups is 1. The molecule has 1 spiro atoms. The van der Waals surface area contributed by atoms with Gasteiger partial charge in [0.25, 0.3) is 0 Å². The minimum atomic E-state index is -0.638. The fraction of sp³-hybridized carbons (Fsp3) is 0.458. The minimum Gasteiger partial charge on any atom is -0.457 e. The number of esters is 1. The summed E-state index contributed by atoms with van der Waals surface area (Å²) in [6.45, 7) is 5.05. The Morgan fingerprint density at radius 1 is 1.16 bits per heavy atom. The van der Waals surface area contributed by atoms with Crippen LogP contribution in [-0.4, -0.2) is 53.0 Å². The fourth-order valence-electron chi connectivity index (χ4n) is 5.28. The molecular weight excluding hydrogens is 394 g/mol. The predicted octanol–water partition coefficient (Wildman–Crippen LogP) is 2.61. The third kappa shape index (κ3) is 3.42. The average molecular weight is 421 g/mol. The van der Waals surface area contributed by atoms with E-state index in [9.17, 15) is 14.7 Å². The minimum absolute atomic E-state index is 0.208. The van der Waals surface area contributed by atoms with Crippen molar-refractivity contribution in [2.75, 3.05) is 31.1 Å². The van der Waals surface area contributed by atoms with E-state index in [4.69, 9.17) is 4.74 Å². The van der Waals surface area contributed by atoms with Gasteiger partial charge in [-0.1, -0.05) is 6.07 Å². The number of pyridine rings is 1. The summed E-state index contributed by atoms with van der Waals surface area (Å²) < 4.78 is 5.12. The van der Waals surface area contributed by atoms with E-state index in [0.717, 1.165) is 61.3 Å². The van der Waals surface area contributed by atoms with E-state index in [2.05, 4.69) is 9.88 Å². The number of hydrogen-bond donors (Lipinski definition) is 1. The molecule has 1 atom stereocenters. The van der Waals surface area contributed by atoms with Gasteiger partial charge in [-0.05, 0) is 68.6 Å². The first kappa shape index (κ1) is 20.2. The largest absolute Gasteiger partial charge is 0.457 e. The van der Waals surface area contributed by atoms with Gasteiger partial charge in [0, 0.05) is 24.8 Å². The Morgan fingerprint density at radius 2 is 1.94 bits per heavy atom. The molecule has 2 fully saturated rings. The summed E-state index contributed by atoms with van der Waals surface area (Å²) in [6.07, 6.45) is 5.31. The fourth-order valence-corrected chi connectivity index (χ4v) is 5.28. The standard InChI is InChI=1S/C24H27N3O4/c1-16-18(4-5-19-20(16)15-31-22(19)29)21(28)14-26-10-6-24(7-11-26)8-12-27(23(24)30)17-3-2-9-25-13-17/h2-5,9,13,21,28H,6-8,10-12,14-15H2,1H3/t21-/m0/s1. The summed E-state index contributed by atoms with van der Waals surface area (Å²) in [5.41, 5.74) is 3.84. The summed E-state index contributed by atoms with van der Waals surface area (Å²) in [7, 11) is 0. The summed E-state index contributed by atoms with van der Waals surface area (Å²) in [6, 6.07) is 7.39. The Labute approximate surface area is 181 Å². The van der Waals surface area contributed by atoms with Crippen molar-refractivity contribution in [2.24, 2.45) is 5.41 Å². The van der Waals surface area contributed by atoms with Gasteiger partial charge in [-0.3, -0.25) is 9.78 Å². The van der Waals surface area contributed by atoms with Gasteiger partial charge < -0.3 is 19.6 Å². The number of likely N-dealkylation sites (tertiary alicyclic amines) is 1. The number of aromatic nitrogens is 1. The van der Waals surface area contributed by atoms with Crippen molar-refractivity contribution in [3.63, 3.8) is 0 Å². The van der Waals surface area contributed by atoms with Crippen LogP contribution in [0.2, 0.25) is 0 Å². The molecule has 7 nitrogen and oxygen atoms in total. The molecule has 5 rings (SSSR count). The highest BCUT2D eigenvalue weighted by molar-refractivity contribution is 5.99. The highest BCUT2D eigenvalue weighted by Gasteiger charge is 2.48. The van der Waals surface area contributed by atoms with Crippen molar-refractivity contribution >= 4 is 17.6 Å². The number of carbonyl (C=O) groups excluding carboxylic acids is 2. The molecule has 1 aromatic heterocycles. The molecule has 1 aromatic carbocycles. The van der Waals surface area contributed by atoms with Gasteiger partial charge in [-0.15, -0.1) is 0 Å². The van der Waals surface area contributed by atoms with E-state index < -0.39 is 6.10 Å². The second-order valence-corrected chi connectivity index (χ2v) is 8.90. The van der Waals surface area contributed by atoms with Crippen molar-refractivity contribution in [1.29, 1.82) is 0 Å². The number of ether oxygens (including phenoxy) is 1. The molecule has 0 radical (unpaired) electrons. The lowest BCUT2D eigenvalue weighted by molar-refractivity contribution is -0.128. The Bertz CT molecular complexity index is 1010. The number of fused-ring (bicyclic) bond motifs is 1. The summed E-state index contributed by atoms with van der Waals surface area (Å²) in [5, 5.41) is 10.9. The lowest BCUT2D eigenvalue weighted by atomic mass is 9.77. The molecule has 7 heteroatoms. The van der Waals surface area contributed by atoms with E-state index in [0.29, 0.717) is 12.1 Å². The maximum atomic E-state index is 13.2. The molecule has 0 aliphatic carbocycles. The van der Waals surface area contributed by atoms with Gasteiger partial charge in [0.1, 0.15) is 6.61 Å². The van der Waals surface area contributed by atoms with Crippen LogP contribution < -0.4 is 4.90 Å². The monoisotopic (exact) mass is 421 g/mol. The van der Waals surface area contributed by atoms with Crippen LogP contribution in [0, 0.1) is 12.3 Å². The summed E-state index contributed by atoms with van der Waals surface area (Å²) in [4.78, 5) is 33.2. The molecule has 1 N–H and O–H groups in total. The van der Waals surface area contributed by atoms with Crippen molar-refractivity contribution in [3.05, 3.63) is 58.9 Å². The number of amides is 1. The van der Waals surface area contributed by atoms with Gasteiger partial charge in [-0.25, -0.2) is 4.79 Å². The van der Waals surface area contributed by atoms with Gasteiger partial charge in [-0.2, -0.15) is 0 Å². The van der Waals surface area contributed by atoms with Crippen LogP contribution >= 0.6 is 0 Å². The van der Waals surface area contributed by atoms with Crippen LogP contribution in [0.1, 0.15) is 52.4 Å². The average Bonchev–Trinajstić information content (AvgIpc) is 3.32. The van der Waals surface area contributed by atoms with Crippen LogP contribution in [0.15, 0.2) is 36.7 Å². The maximum absolute atomic E-state index is 13.2. The Kier molecular flexibility index (Phi) is 5.02. The van der Waals surface area contributed by atoms with Crippen molar-refractivity contribution < 1.29 is 19.4 Å². The number of nitrogens with zero attached hydrogens (tertiary/aromatic N) is 3. The molecule has 1 amide bonds. The Balaban J connectivity index is 1.23. The second kappa shape index (κ2) is 7.73. The number of aliphatic hydroxyl groups excluding tert-OH is 1. The van der Waals surface area contributed by atoms with E-state index in [1.165, 1.54) is 0 Å². The number of cyclic esters (lactones) is 1. The lowest BCUT2D eigenvalue weighted by Gasteiger charge is -2.38. The number of β-amino-alcohol motifs (C(OH)–C–C–N with tert-alkyl or cyclic N) is 1. The number of hydrogen-bond acceptors (Lipinski definition) is 6. The Hall–Kier alpha value is -2.77. The molecule has 0 unspecified atom stereocenters. The van der Waals surface area contributed by atoms with Crippen molar-refractivity contribution in [1.82, 2.24) is 9.88 Å². The van der Waals surface area contributed by atoms with E-state index in [-0.39, 0.29) is 23.9 Å². The molecule has 2 aromatic rings. The number of piperidine rings is 1. The van der Waals surface area contributed by atoms with E-state index >= 15 is 0 Å². The van der Waals surface area contributed by atoms with Crippen molar-refractivity contribution in [2.45, 2.75) is 38.9 Å². The number of carbonyl (C=O) groups is 2. The van der Waals surface area contributed by atoms with Gasteiger partial charge in [0.05, 0.1) is 29.0 Å². The van der Waals surface area contributed by atoms with Gasteiger partial charge in [0.15, 0.2) is 0 Å². The second-order valence-electron chi connectivity index (χ2n) is 8.90. The maximum Gasteiger partial charge on any atom is 0.338 e. The zero-order valence-corrected chi connectivity index (χ0v) is 17.7. The van der Waals surface area contributed by atoms with E-state index in [1.807, 2.05) is 30.0 Å². The highest BCUT2D eigenvalue weighted by atomic mass is 16.5. The highest BCUT2D eigenvalue weighted by Crippen LogP contribution is 2.43. The molecule has 0 saturated carbocycles. The molecular formula is C24H27N3O4. The summed E-state index contributed by atoms with van der Waals surface area (Å²) in [5.74, 6) is -0.0816. The first-order chi connectivity index (χ1) is 15.0. The molecule has 31 heavy (non-hydrogen) atoms. The van der Waals surface area contributed by atoms with Crippen LogP contribution in [0.4, 0.5) is 5.69 Å². The number of anilines is 1. The molecule has 2 saturated heterocycles. The smallest absolute Gasteiger partial charge is 0.338 e. The third-order valence-electron chi connectivity index (χ3n) is 7.28. The van der Waals surface area contributed by atoms with Gasteiger partial charge >= 0.3 is 5.97 Å². The number of rotatable bonds is 4. The molecule has 3 aliphatic rings. The van der Waals surface area contributed by atoms with Crippen LogP contribution in [0.5, 0.6) is 0 Å². The lowest BCUT2D eigenvalue weighted by Crippen LogP contribution is -2.45. The van der Waals surface area contributed by atoms with E-state index in [1.54, 1.807) is 18.5 Å². The quantitative estimate of drug-likeness (QED) is 0.765. The van der Waals surface area contributed by atoms with Crippen LogP contribution in [0.3, 0.4) is 0 Å². The Morgan fingerprint density at radius 3 is 2.68 bits per heavy atom. The first-order valence-electron chi connectivity index (χ1n) is 10.9.